The zero-order valence-corrected chi connectivity index (χ0v) is 21.7. The predicted molar refractivity (Wildman–Crippen MR) is 142 cm³/mol. The number of aromatic hydroxyl groups is 1. The van der Waals surface area contributed by atoms with Gasteiger partial charge in [-0.1, -0.05) is 109 Å². The van der Waals surface area contributed by atoms with E-state index in [4.69, 9.17) is 5.73 Å². The topological polar surface area (TPSA) is 83.6 Å². The molecule has 3 N–H and O–H groups in total. The van der Waals surface area contributed by atoms with E-state index in [1.54, 1.807) is 17.0 Å². The second-order valence-corrected chi connectivity index (χ2v) is 9.73. The molecule has 5 heteroatoms. The van der Waals surface area contributed by atoms with Crippen molar-refractivity contribution in [2.24, 2.45) is 5.73 Å². The molecule has 0 heterocycles. The number of carbonyl (C=O) groups is 2. The quantitative estimate of drug-likeness (QED) is 0.150. The fourth-order valence-corrected chi connectivity index (χ4v) is 4.44. The minimum absolute atomic E-state index is 0.333. The first-order valence-corrected chi connectivity index (χ1v) is 13.9. The van der Waals surface area contributed by atoms with Crippen LogP contribution in [0, 0.1) is 0 Å². The molecule has 1 aromatic carbocycles. The molecule has 0 saturated heterocycles. The average molecular weight is 475 g/mol. The van der Waals surface area contributed by atoms with Gasteiger partial charge in [0.1, 0.15) is 5.75 Å². The zero-order chi connectivity index (χ0) is 24.9. The molecule has 0 aliphatic heterocycles. The lowest BCUT2D eigenvalue weighted by molar-refractivity contribution is -0.144. The number of hydrogen-bond acceptors (Lipinski definition) is 3. The number of nitrogens with two attached hydrogens (primary N) is 1. The van der Waals surface area contributed by atoms with E-state index in [0.717, 1.165) is 32.1 Å². The Morgan fingerprint density at radius 3 is 1.53 bits per heavy atom. The molecule has 0 aliphatic carbocycles. The minimum Gasteiger partial charge on any atom is -0.508 e. The molecule has 0 aromatic heterocycles. The Balaban J connectivity index is 2.02. The van der Waals surface area contributed by atoms with Crippen molar-refractivity contribution in [3.63, 3.8) is 0 Å². The van der Waals surface area contributed by atoms with Gasteiger partial charge in [-0.2, -0.15) is 0 Å². The van der Waals surface area contributed by atoms with Crippen molar-refractivity contribution >= 4 is 11.8 Å². The summed E-state index contributed by atoms with van der Waals surface area (Å²) < 4.78 is 0. The fourth-order valence-electron chi connectivity index (χ4n) is 4.44. The number of phenolic OH excluding ortho intramolecular Hbond substituents is 1. The summed E-state index contributed by atoms with van der Waals surface area (Å²) in [5.41, 5.74) is 6.55. The van der Waals surface area contributed by atoms with Crippen LogP contribution in [0.1, 0.15) is 122 Å². The van der Waals surface area contributed by atoms with Crippen molar-refractivity contribution in [2.75, 3.05) is 13.1 Å². The maximum atomic E-state index is 12.1. The number of rotatable bonds is 21. The predicted octanol–water partition coefficient (Wildman–Crippen LogP) is 6.90. The molecule has 0 saturated carbocycles. The van der Waals surface area contributed by atoms with Gasteiger partial charge in [-0.3, -0.25) is 9.59 Å². The third-order valence-electron chi connectivity index (χ3n) is 6.61. The van der Waals surface area contributed by atoms with Crippen molar-refractivity contribution in [1.82, 2.24) is 4.90 Å². The molecule has 0 unspecified atom stereocenters. The molecule has 5 nitrogen and oxygen atoms in total. The maximum Gasteiger partial charge on any atom is 0.311 e. The van der Waals surface area contributed by atoms with E-state index < -0.39 is 11.8 Å². The highest BCUT2D eigenvalue weighted by Crippen LogP contribution is 2.15. The normalized spacial score (nSPS) is 11.0. The Hall–Kier alpha value is -2.04. The van der Waals surface area contributed by atoms with Gasteiger partial charge in [0.15, 0.2) is 0 Å². The van der Waals surface area contributed by atoms with Crippen LogP contribution in [0.2, 0.25) is 0 Å². The third kappa shape index (κ3) is 15.7. The van der Waals surface area contributed by atoms with Crippen molar-refractivity contribution in [2.45, 2.75) is 122 Å². The van der Waals surface area contributed by atoms with Crippen molar-refractivity contribution in [3.8, 4) is 5.75 Å². The Kier molecular flexibility index (Phi) is 17.9. The van der Waals surface area contributed by atoms with Gasteiger partial charge in [-0.25, -0.2) is 0 Å². The summed E-state index contributed by atoms with van der Waals surface area (Å²) in [6, 6.07) is 7.52. The smallest absolute Gasteiger partial charge is 0.311 e. The van der Waals surface area contributed by atoms with E-state index in [9.17, 15) is 14.7 Å². The van der Waals surface area contributed by atoms with Crippen LogP contribution in [-0.2, 0) is 16.0 Å². The van der Waals surface area contributed by atoms with E-state index in [1.165, 1.54) is 89.0 Å². The lowest BCUT2D eigenvalue weighted by Gasteiger charge is -2.21. The number of unbranched alkanes of at least 4 members (excludes halogenated alkanes) is 15. The lowest BCUT2D eigenvalue weighted by Crippen LogP contribution is -2.41. The minimum atomic E-state index is -0.829. The summed E-state index contributed by atoms with van der Waals surface area (Å²) in [7, 11) is 0. The summed E-state index contributed by atoms with van der Waals surface area (Å²) in [6.45, 7) is 3.53. The second kappa shape index (κ2) is 20.3. The van der Waals surface area contributed by atoms with Gasteiger partial charge in [0.25, 0.3) is 0 Å². The third-order valence-corrected chi connectivity index (χ3v) is 6.61. The number of carbonyl (C=O) groups excluding carboxylic acids is 2. The average Bonchev–Trinajstić information content (AvgIpc) is 2.83. The molecular formula is C29H50N2O3. The van der Waals surface area contributed by atoms with Gasteiger partial charge >= 0.3 is 11.8 Å². The maximum absolute atomic E-state index is 12.1. The number of amides is 2. The van der Waals surface area contributed by atoms with Gasteiger partial charge in [-0.05, 0) is 43.4 Å². The first kappa shape index (κ1) is 30.0. The van der Waals surface area contributed by atoms with E-state index >= 15 is 0 Å². The van der Waals surface area contributed by atoms with Crippen LogP contribution >= 0.6 is 0 Å². The Morgan fingerprint density at radius 2 is 1.09 bits per heavy atom. The molecule has 34 heavy (non-hydrogen) atoms. The Labute approximate surface area is 208 Å². The Bertz CT molecular complexity index is 645. The summed E-state index contributed by atoms with van der Waals surface area (Å²) in [5.74, 6) is -1.01. The Morgan fingerprint density at radius 1 is 0.676 bits per heavy atom. The first-order chi connectivity index (χ1) is 16.5. The van der Waals surface area contributed by atoms with Gasteiger partial charge in [0.2, 0.25) is 0 Å². The lowest BCUT2D eigenvalue weighted by atomic mass is 10.0. The summed E-state index contributed by atoms with van der Waals surface area (Å²) in [5, 5.41) is 9.32. The van der Waals surface area contributed by atoms with E-state index in [0.29, 0.717) is 18.8 Å². The van der Waals surface area contributed by atoms with Crippen LogP contribution in [0.25, 0.3) is 0 Å². The molecule has 1 aromatic rings. The molecule has 2 amide bonds. The zero-order valence-electron chi connectivity index (χ0n) is 21.7. The van der Waals surface area contributed by atoms with Crippen LogP contribution in [0.4, 0.5) is 0 Å². The fraction of sp³-hybridized carbons (Fsp3) is 0.724. The largest absolute Gasteiger partial charge is 0.508 e. The number of hydrogen-bond donors (Lipinski definition) is 2. The molecule has 1 rings (SSSR count). The van der Waals surface area contributed by atoms with Crippen molar-refractivity contribution in [3.05, 3.63) is 29.8 Å². The second-order valence-electron chi connectivity index (χ2n) is 9.73. The number of benzene rings is 1. The molecule has 0 aliphatic rings. The van der Waals surface area contributed by atoms with Crippen LogP contribution in [0.5, 0.6) is 5.75 Å². The first-order valence-electron chi connectivity index (χ1n) is 13.9. The number of aryl methyl sites for hydroxylation is 1. The standard InChI is InChI=1S/C29H50N2O3/c1-2-3-4-5-6-11-14-17-24-31(29(34)28(30)33)25-18-15-12-9-7-8-10-13-16-19-26-20-22-27(32)23-21-26/h20-23,32H,2-19,24-25H2,1H3,(H2,30,33). The van der Waals surface area contributed by atoms with Crippen molar-refractivity contribution in [1.29, 1.82) is 0 Å². The van der Waals surface area contributed by atoms with Gasteiger partial charge in [0.05, 0.1) is 0 Å². The highest BCUT2D eigenvalue weighted by Gasteiger charge is 2.17. The monoisotopic (exact) mass is 474 g/mol. The van der Waals surface area contributed by atoms with E-state index in [2.05, 4.69) is 6.92 Å². The molecule has 0 radical (unpaired) electrons. The van der Waals surface area contributed by atoms with Gasteiger partial charge in [0, 0.05) is 13.1 Å². The van der Waals surface area contributed by atoms with Crippen LogP contribution in [-0.4, -0.2) is 34.9 Å². The molecule has 0 spiro atoms. The van der Waals surface area contributed by atoms with Crippen LogP contribution in [0.3, 0.4) is 0 Å². The van der Waals surface area contributed by atoms with Crippen LogP contribution in [0.15, 0.2) is 24.3 Å². The van der Waals surface area contributed by atoms with E-state index in [1.807, 2.05) is 12.1 Å². The molecule has 0 fully saturated rings. The SMILES string of the molecule is CCCCCCCCCCN(CCCCCCCCCCCc1ccc(O)cc1)C(=O)C(N)=O. The van der Waals surface area contributed by atoms with Crippen molar-refractivity contribution < 1.29 is 14.7 Å². The number of phenols is 1. The van der Waals surface area contributed by atoms with Gasteiger partial charge in [-0.15, -0.1) is 0 Å². The summed E-state index contributed by atoms with van der Waals surface area (Å²) >= 11 is 0. The number of primary amides is 1. The summed E-state index contributed by atoms with van der Waals surface area (Å²) in [4.78, 5) is 25.2. The highest BCUT2D eigenvalue weighted by atomic mass is 16.3. The summed E-state index contributed by atoms with van der Waals surface area (Å²) in [6.07, 6.45) is 21.6. The molecule has 194 valence electrons. The molecule has 0 atom stereocenters. The number of nitrogens with zero attached hydrogens (tertiary/aromatic N) is 1. The van der Waals surface area contributed by atoms with E-state index in [-0.39, 0.29) is 0 Å². The molecular weight excluding hydrogens is 424 g/mol. The van der Waals surface area contributed by atoms with Gasteiger partial charge < -0.3 is 15.7 Å². The highest BCUT2D eigenvalue weighted by molar-refractivity contribution is 6.34. The van der Waals surface area contributed by atoms with Crippen LogP contribution < -0.4 is 5.73 Å². The molecule has 0 bridgehead atoms.